The van der Waals surface area contributed by atoms with E-state index in [0.717, 1.165) is 13.6 Å². The van der Waals surface area contributed by atoms with Gasteiger partial charge in [0, 0.05) is 19.5 Å². The highest BCUT2D eigenvalue weighted by atomic mass is 127. The van der Waals surface area contributed by atoms with Crippen LogP contribution >= 0.6 is 38.5 Å². The number of imide groups is 2. The van der Waals surface area contributed by atoms with Crippen molar-refractivity contribution < 1.29 is 24.3 Å². The minimum absolute atomic E-state index is 0.0135. The molecule has 4 amide bonds. The Balaban J connectivity index is 1.38. The van der Waals surface area contributed by atoms with E-state index in [2.05, 4.69) is 38.5 Å². The van der Waals surface area contributed by atoms with Gasteiger partial charge in [-0.1, -0.05) is 45.8 Å². The van der Waals surface area contributed by atoms with Crippen molar-refractivity contribution in [2.45, 2.75) is 25.7 Å². The fraction of sp³-hybridized carbons (Fsp3) is 0.273. The number of amides is 4. The zero-order valence-corrected chi connectivity index (χ0v) is 26.3. The SMILES string of the molecule is C[C@@]12C(=O)N(c3ccccc3)C(=O)[C@@H]1C[C@@H]1C(=CC[C@@H]3C(=O)N(c4ccc(I)cc4)C(=O)[C@@H]31)[C@@H]2c1cc(Br)ccc1O. The van der Waals surface area contributed by atoms with E-state index >= 15 is 0 Å². The number of anilines is 2. The molecule has 2 aliphatic heterocycles. The number of hydrogen-bond acceptors (Lipinski definition) is 5. The molecule has 2 heterocycles. The first-order valence-corrected chi connectivity index (χ1v) is 15.7. The number of rotatable bonds is 3. The van der Waals surface area contributed by atoms with Crippen molar-refractivity contribution in [3.05, 3.63) is 98.1 Å². The fourth-order valence-corrected chi connectivity index (χ4v) is 8.52. The second-order valence-corrected chi connectivity index (χ2v) is 13.8. The van der Waals surface area contributed by atoms with Gasteiger partial charge in [-0.3, -0.25) is 24.1 Å². The molecule has 2 saturated heterocycles. The zero-order valence-electron chi connectivity index (χ0n) is 22.5. The highest BCUT2D eigenvalue weighted by Crippen LogP contribution is 2.64. The van der Waals surface area contributed by atoms with Gasteiger partial charge in [0.15, 0.2) is 0 Å². The lowest BCUT2D eigenvalue weighted by atomic mass is 9.51. The predicted molar refractivity (Wildman–Crippen MR) is 169 cm³/mol. The molecule has 7 rings (SSSR count). The molecule has 3 aromatic rings. The van der Waals surface area contributed by atoms with Crippen molar-refractivity contribution in [1.29, 1.82) is 0 Å². The normalized spacial score (nSPS) is 30.3. The molecule has 3 fully saturated rings. The molecule has 4 aliphatic rings. The third-order valence-electron chi connectivity index (χ3n) is 9.67. The summed E-state index contributed by atoms with van der Waals surface area (Å²) in [6.45, 7) is 1.81. The molecule has 0 radical (unpaired) electrons. The van der Waals surface area contributed by atoms with E-state index < -0.39 is 35.0 Å². The smallest absolute Gasteiger partial charge is 0.241 e. The topological polar surface area (TPSA) is 95.0 Å². The van der Waals surface area contributed by atoms with Crippen LogP contribution in [0.5, 0.6) is 5.75 Å². The minimum atomic E-state index is -1.21. The first-order chi connectivity index (χ1) is 20.1. The number of para-hydroxylation sites is 1. The maximum atomic E-state index is 14.4. The molecule has 42 heavy (non-hydrogen) atoms. The predicted octanol–water partition coefficient (Wildman–Crippen LogP) is 6.19. The first kappa shape index (κ1) is 27.5. The largest absolute Gasteiger partial charge is 0.508 e. The summed E-state index contributed by atoms with van der Waals surface area (Å²) in [6, 6.07) is 21.2. The lowest BCUT2D eigenvalue weighted by Gasteiger charge is -2.49. The van der Waals surface area contributed by atoms with Crippen LogP contribution in [0.25, 0.3) is 0 Å². The number of carbonyl (C=O) groups is 4. The van der Waals surface area contributed by atoms with E-state index in [1.165, 1.54) is 9.80 Å². The summed E-state index contributed by atoms with van der Waals surface area (Å²) < 4.78 is 1.72. The molecule has 212 valence electrons. The van der Waals surface area contributed by atoms with Gasteiger partial charge in [0.1, 0.15) is 5.75 Å². The molecule has 3 aromatic carbocycles. The van der Waals surface area contributed by atoms with Crippen LogP contribution in [0.1, 0.15) is 31.2 Å². The van der Waals surface area contributed by atoms with Crippen molar-refractivity contribution in [2.24, 2.45) is 29.1 Å². The van der Waals surface area contributed by atoms with E-state index in [-0.39, 0.29) is 35.8 Å². The van der Waals surface area contributed by atoms with Crippen molar-refractivity contribution >= 4 is 73.5 Å². The molecule has 6 atom stereocenters. The molecular weight excluding hydrogens is 711 g/mol. The van der Waals surface area contributed by atoms with Crippen LogP contribution in [0.15, 0.2) is 88.9 Å². The summed E-state index contributed by atoms with van der Waals surface area (Å²) in [5.41, 5.74) is 1.18. The third kappa shape index (κ3) is 3.81. The van der Waals surface area contributed by atoms with Gasteiger partial charge in [-0.2, -0.15) is 0 Å². The Morgan fingerprint density at radius 3 is 2.26 bits per heavy atom. The van der Waals surface area contributed by atoms with Gasteiger partial charge >= 0.3 is 0 Å². The standard InChI is InChI=1S/C33H26BrIN2O5/c1-33-25(30(40)37(32(33)42)19-5-3-2-4-6-19)16-23-21(28(33)24-15-17(34)7-14-26(24)38)12-13-22-27(23)31(41)36(29(22)39)20-10-8-18(35)9-11-20/h2-12,14-15,22-23,25,27-28,38H,13,16H2,1H3/t22-,23+,25-,27-,28+,33+/m0/s1. The Hall–Kier alpha value is -3.31. The number of nitrogens with zero attached hydrogens (tertiary/aromatic N) is 2. The monoisotopic (exact) mass is 736 g/mol. The third-order valence-corrected chi connectivity index (χ3v) is 10.9. The average Bonchev–Trinajstić information content (AvgIpc) is 3.35. The highest BCUT2D eigenvalue weighted by Gasteiger charge is 2.68. The second-order valence-electron chi connectivity index (χ2n) is 11.7. The molecule has 2 aliphatic carbocycles. The van der Waals surface area contributed by atoms with Crippen molar-refractivity contribution in [2.75, 3.05) is 9.80 Å². The van der Waals surface area contributed by atoms with Gasteiger partial charge in [-0.05, 0) is 103 Å². The van der Waals surface area contributed by atoms with Crippen LogP contribution in [-0.2, 0) is 19.2 Å². The average molecular weight is 737 g/mol. The molecule has 0 unspecified atom stereocenters. The summed E-state index contributed by atoms with van der Waals surface area (Å²) >= 11 is 5.70. The van der Waals surface area contributed by atoms with Gasteiger partial charge in [0.25, 0.3) is 0 Å². The van der Waals surface area contributed by atoms with Crippen LogP contribution in [0, 0.1) is 32.7 Å². The summed E-state index contributed by atoms with van der Waals surface area (Å²) in [4.78, 5) is 58.9. The maximum absolute atomic E-state index is 14.4. The van der Waals surface area contributed by atoms with Crippen molar-refractivity contribution in [1.82, 2.24) is 0 Å². The van der Waals surface area contributed by atoms with Gasteiger partial charge in [-0.15, -0.1) is 0 Å². The molecule has 9 heteroatoms. The second kappa shape index (κ2) is 9.87. The molecule has 0 aromatic heterocycles. The van der Waals surface area contributed by atoms with Crippen LogP contribution < -0.4 is 9.80 Å². The Morgan fingerprint density at radius 2 is 1.55 bits per heavy atom. The number of carbonyl (C=O) groups excluding carboxylic acids is 4. The molecule has 0 spiro atoms. The molecule has 1 N–H and O–H groups in total. The Labute approximate surface area is 264 Å². The number of fused-ring (bicyclic) bond motifs is 4. The van der Waals surface area contributed by atoms with Crippen LogP contribution in [-0.4, -0.2) is 28.7 Å². The van der Waals surface area contributed by atoms with Gasteiger partial charge < -0.3 is 5.11 Å². The number of aromatic hydroxyl groups is 1. The van der Waals surface area contributed by atoms with E-state index in [0.29, 0.717) is 23.4 Å². The number of benzene rings is 3. The summed E-state index contributed by atoms with van der Waals surface area (Å²) in [7, 11) is 0. The Bertz CT molecular complexity index is 1710. The van der Waals surface area contributed by atoms with Crippen molar-refractivity contribution in [3.63, 3.8) is 0 Å². The fourth-order valence-electron chi connectivity index (χ4n) is 7.78. The lowest BCUT2D eigenvalue weighted by molar-refractivity contribution is -0.131. The lowest BCUT2D eigenvalue weighted by Crippen LogP contribution is -2.48. The number of phenols is 1. The number of phenolic OH excluding ortho intramolecular Hbond substituents is 1. The van der Waals surface area contributed by atoms with Crippen molar-refractivity contribution in [3.8, 4) is 5.75 Å². The summed E-state index contributed by atoms with van der Waals surface area (Å²) in [6.07, 6.45) is 2.60. The molecule has 1 saturated carbocycles. The summed E-state index contributed by atoms with van der Waals surface area (Å²) in [5, 5.41) is 11.2. The van der Waals surface area contributed by atoms with E-state index in [1.54, 1.807) is 54.6 Å². The highest BCUT2D eigenvalue weighted by molar-refractivity contribution is 14.1. The Kier molecular flexibility index (Phi) is 6.47. The first-order valence-electron chi connectivity index (χ1n) is 13.9. The number of halogens is 2. The maximum Gasteiger partial charge on any atom is 0.241 e. The van der Waals surface area contributed by atoms with Crippen LogP contribution in [0.4, 0.5) is 11.4 Å². The van der Waals surface area contributed by atoms with Crippen LogP contribution in [0.3, 0.4) is 0 Å². The minimum Gasteiger partial charge on any atom is -0.508 e. The van der Waals surface area contributed by atoms with Gasteiger partial charge in [-0.25, -0.2) is 4.90 Å². The van der Waals surface area contributed by atoms with E-state index in [9.17, 15) is 24.3 Å². The summed E-state index contributed by atoms with van der Waals surface area (Å²) in [5.74, 6) is -4.22. The van der Waals surface area contributed by atoms with E-state index in [1.807, 2.05) is 31.2 Å². The quantitative estimate of drug-likeness (QED) is 0.197. The zero-order chi connectivity index (χ0) is 29.5. The molecule has 7 nitrogen and oxygen atoms in total. The Morgan fingerprint density at radius 1 is 0.857 bits per heavy atom. The van der Waals surface area contributed by atoms with Crippen LogP contribution in [0.2, 0.25) is 0 Å². The van der Waals surface area contributed by atoms with E-state index in [4.69, 9.17) is 0 Å². The number of allylic oxidation sites excluding steroid dienone is 2. The van der Waals surface area contributed by atoms with Gasteiger partial charge in [0.05, 0.1) is 34.5 Å². The number of hydrogen-bond donors (Lipinski definition) is 1. The molecular formula is C33H26BrIN2O5. The van der Waals surface area contributed by atoms with Gasteiger partial charge in [0.2, 0.25) is 23.6 Å². The molecule has 0 bridgehead atoms.